The van der Waals surface area contributed by atoms with E-state index in [0.717, 1.165) is 32.3 Å². The number of thiazole rings is 1. The Labute approximate surface area is 160 Å². The molecule has 0 radical (unpaired) electrons. The van der Waals surface area contributed by atoms with Crippen LogP contribution < -0.4 is 5.32 Å². The van der Waals surface area contributed by atoms with Gasteiger partial charge >= 0.3 is 0 Å². The minimum absolute atomic E-state index is 0.0504. The molecule has 0 saturated carbocycles. The Morgan fingerprint density at radius 1 is 1.07 bits per heavy atom. The molecule has 4 aromatic rings. The maximum atomic E-state index is 10.5. The first-order chi connectivity index (χ1) is 13.1. The molecule has 0 aliphatic heterocycles. The van der Waals surface area contributed by atoms with Gasteiger partial charge in [-0.3, -0.25) is 0 Å². The van der Waals surface area contributed by atoms with Gasteiger partial charge in [0.1, 0.15) is 24.4 Å². The number of benzene rings is 2. The van der Waals surface area contributed by atoms with Crippen molar-refractivity contribution in [3.8, 4) is 16.5 Å². The van der Waals surface area contributed by atoms with Crippen LogP contribution in [-0.4, -0.2) is 21.2 Å². The molecule has 0 fully saturated rings. The Balaban J connectivity index is 1.41. The van der Waals surface area contributed by atoms with Gasteiger partial charge in [-0.05, 0) is 48.9 Å². The lowest BCUT2D eigenvalue weighted by molar-refractivity contribution is -0.710. The third-order valence-electron chi connectivity index (χ3n) is 4.59. The molecule has 5 nitrogen and oxygen atoms in total. The zero-order chi connectivity index (χ0) is 18.8. The van der Waals surface area contributed by atoms with Gasteiger partial charge in [0.05, 0.1) is 10.2 Å². The van der Waals surface area contributed by atoms with Crippen LogP contribution in [0.1, 0.15) is 24.4 Å². The molecule has 2 heterocycles. The molecule has 2 atom stereocenters. The van der Waals surface area contributed by atoms with Crippen LogP contribution in [0.5, 0.6) is 5.75 Å². The van der Waals surface area contributed by atoms with Crippen molar-refractivity contribution in [3.63, 3.8) is 0 Å². The molecule has 2 aromatic carbocycles. The Hall–Kier alpha value is -2.67. The highest BCUT2D eigenvalue weighted by atomic mass is 32.1. The molecular weight excluding hydrogens is 360 g/mol. The van der Waals surface area contributed by atoms with Crippen LogP contribution in [-0.2, 0) is 6.54 Å². The fraction of sp³-hybridized carbons (Fsp3) is 0.190. The minimum atomic E-state index is -0.621. The Morgan fingerprint density at radius 3 is 2.63 bits per heavy atom. The molecule has 0 spiro atoms. The van der Waals surface area contributed by atoms with E-state index in [9.17, 15) is 10.2 Å². The first-order valence-corrected chi connectivity index (χ1v) is 9.67. The van der Waals surface area contributed by atoms with E-state index in [4.69, 9.17) is 4.42 Å². The summed E-state index contributed by atoms with van der Waals surface area (Å²) in [5.74, 6) is 1.81. The molecular formula is C21H21N2O3S+. The monoisotopic (exact) mass is 381 g/mol. The lowest BCUT2D eigenvalue weighted by Gasteiger charge is -2.17. The first kappa shape index (κ1) is 17.7. The number of rotatable bonds is 6. The summed E-state index contributed by atoms with van der Waals surface area (Å²) >= 11 is 1.62. The number of hydrogen-bond donors (Lipinski definition) is 3. The van der Waals surface area contributed by atoms with E-state index in [1.807, 2.05) is 42.6 Å². The van der Waals surface area contributed by atoms with Crippen molar-refractivity contribution >= 4 is 21.6 Å². The predicted molar refractivity (Wildman–Crippen MR) is 105 cm³/mol. The van der Waals surface area contributed by atoms with Crippen molar-refractivity contribution < 1.29 is 19.9 Å². The van der Waals surface area contributed by atoms with Gasteiger partial charge in [0.2, 0.25) is 0 Å². The number of aliphatic hydroxyl groups is 1. The average molecular weight is 381 g/mol. The molecule has 0 aliphatic carbocycles. The van der Waals surface area contributed by atoms with Crippen molar-refractivity contribution in [2.24, 2.45) is 0 Å². The van der Waals surface area contributed by atoms with Crippen molar-refractivity contribution in [1.82, 2.24) is 4.98 Å². The molecule has 6 heteroatoms. The van der Waals surface area contributed by atoms with Gasteiger partial charge in [-0.15, -0.1) is 11.3 Å². The van der Waals surface area contributed by atoms with E-state index in [2.05, 4.69) is 11.1 Å². The predicted octanol–water partition coefficient (Wildman–Crippen LogP) is 3.45. The largest absolute Gasteiger partial charge is 0.508 e. The number of aliphatic hydroxyl groups excluding tert-OH is 1. The highest BCUT2D eigenvalue weighted by Crippen LogP contribution is 2.31. The highest BCUT2D eigenvalue weighted by Gasteiger charge is 2.20. The fourth-order valence-corrected chi connectivity index (χ4v) is 3.91. The van der Waals surface area contributed by atoms with Gasteiger partial charge in [0.25, 0.3) is 0 Å². The number of fused-ring (bicyclic) bond motifs is 1. The third-order valence-corrected chi connectivity index (χ3v) is 5.64. The highest BCUT2D eigenvalue weighted by molar-refractivity contribution is 7.21. The third kappa shape index (κ3) is 3.88. The molecule has 27 heavy (non-hydrogen) atoms. The molecule has 0 unspecified atom stereocenters. The van der Waals surface area contributed by atoms with E-state index in [1.165, 1.54) is 0 Å². The van der Waals surface area contributed by atoms with Crippen LogP contribution in [0.25, 0.3) is 21.0 Å². The van der Waals surface area contributed by atoms with E-state index in [1.54, 1.807) is 35.6 Å². The second-order valence-corrected chi connectivity index (χ2v) is 7.62. The summed E-state index contributed by atoms with van der Waals surface area (Å²) in [4.78, 5) is 4.62. The van der Waals surface area contributed by atoms with E-state index in [0.29, 0.717) is 6.54 Å². The van der Waals surface area contributed by atoms with Gasteiger partial charge in [0.15, 0.2) is 16.5 Å². The SMILES string of the molecule is C[C@H]([NH2+]Cc1ccc(-c2nc3ccccc3s2)o1)[C@H](O)c1ccc(O)cc1. The number of phenolic OH excluding ortho intramolecular Hbond substituents is 1. The van der Waals surface area contributed by atoms with Gasteiger partial charge in [-0.2, -0.15) is 0 Å². The number of quaternary nitrogens is 1. The maximum absolute atomic E-state index is 10.5. The summed E-state index contributed by atoms with van der Waals surface area (Å²) in [7, 11) is 0. The number of nitrogens with two attached hydrogens (primary N) is 1. The van der Waals surface area contributed by atoms with Gasteiger partial charge < -0.3 is 19.9 Å². The second kappa shape index (κ2) is 7.52. The zero-order valence-corrected chi connectivity index (χ0v) is 15.7. The molecule has 0 aliphatic rings. The number of aromatic hydroxyl groups is 1. The molecule has 0 amide bonds. The topological polar surface area (TPSA) is 83.1 Å². The number of para-hydroxylation sites is 1. The number of aromatic nitrogens is 1. The molecule has 4 N–H and O–H groups in total. The van der Waals surface area contributed by atoms with Gasteiger partial charge in [-0.1, -0.05) is 24.3 Å². The van der Waals surface area contributed by atoms with Gasteiger partial charge in [0, 0.05) is 0 Å². The van der Waals surface area contributed by atoms with E-state index < -0.39 is 6.10 Å². The van der Waals surface area contributed by atoms with Crippen LogP contribution in [0.4, 0.5) is 0 Å². The number of furan rings is 1. The number of phenols is 1. The molecule has 0 bridgehead atoms. The van der Waals surface area contributed by atoms with Crippen molar-refractivity contribution in [2.75, 3.05) is 0 Å². The molecule has 2 aromatic heterocycles. The Bertz CT molecular complexity index is 1010. The van der Waals surface area contributed by atoms with E-state index >= 15 is 0 Å². The Kier molecular flexibility index (Phi) is 4.94. The summed E-state index contributed by atoms with van der Waals surface area (Å²) in [6.07, 6.45) is -0.621. The summed E-state index contributed by atoms with van der Waals surface area (Å²) in [5.41, 5.74) is 1.76. The van der Waals surface area contributed by atoms with Crippen molar-refractivity contribution in [3.05, 3.63) is 72.0 Å². The minimum Gasteiger partial charge on any atom is -0.508 e. The Morgan fingerprint density at radius 2 is 1.85 bits per heavy atom. The second-order valence-electron chi connectivity index (χ2n) is 6.59. The van der Waals surface area contributed by atoms with Gasteiger partial charge in [-0.25, -0.2) is 4.98 Å². The summed E-state index contributed by atoms with van der Waals surface area (Å²) in [5, 5.41) is 22.8. The average Bonchev–Trinajstić information content (AvgIpc) is 3.32. The van der Waals surface area contributed by atoms with Crippen LogP contribution in [0.2, 0.25) is 0 Å². The summed E-state index contributed by atoms with van der Waals surface area (Å²) in [6.45, 7) is 2.59. The molecule has 4 rings (SSSR count). The standard InChI is InChI=1S/C21H20N2O3S/c1-13(20(25)14-6-8-15(24)9-7-14)22-12-16-10-11-18(26-16)21-23-17-4-2-3-5-19(17)27-21/h2-11,13,20,22,24-25H,12H2,1H3/p+1/t13-,20-/m0/s1. The van der Waals surface area contributed by atoms with Crippen molar-refractivity contribution in [1.29, 1.82) is 0 Å². The lowest BCUT2D eigenvalue weighted by Crippen LogP contribution is -2.88. The number of nitrogens with zero attached hydrogens (tertiary/aromatic N) is 1. The maximum Gasteiger partial charge on any atom is 0.163 e. The van der Waals surface area contributed by atoms with Crippen LogP contribution >= 0.6 is 11.3 Å². The molecule has 0 saturated heterocycles. The first-order valence-electron chi connectivity index (χ1n) is 8.85. The molecule has 138 valence electrons. The number of hydrogen-bond acceptors (Lipinski definition) is 5. The zero-order valence-electron chi connectivity index (χ0n) is 14.9. The van der Waals surface area contributed by atoms with E-state index in [-0.39, 0.29) is 11.8 Å². The van der Waals surface area contributed by atoms with Crippen molar-refractivity contribution in [2.45, 2.75) is 25.6 Å². The quantitative estimate of drug-likeness (QED) is 0.478. The van der Waals surface area contributed by atoms with Crippen LogP contribution in [0.3, 0.4) is 0 Å². The lowest BCUT2D eigenvalue weighted by atomic mass is 10.0. The van der Waals surface area contributed by atoms with Crippen LogP contribution in [0.15, 0.2) is 65.1 Å². The fourth-order valence-electron chi connectivity index (χ4n) is 2.99. The summed E-state index contributed by atoms with van der Waals surface area (Å²) < 4.78 is 7.09. The van der Waals surface area contributed by atoms with Crippen LogP contribution in [0, 0.1) is 0 Å². The summed E-state index contributed by atoms with van der Waals surface area (Å²) in [6, 6.07) is 18.5. The normalized spacial score (nSPS) is 13.7. The smallest absolute Gasteiger partial charge is 0.163 e.